The Morgan fingerprint density at radius 3 is 2.67 bits per heavy atom. The molecule has 0 bridgehead atoms. The van der Waals surface area contributed by atoms with E-state index in [0.717, 1.165) is 0 Å². The van der Waals surface area contributed by atoms with Crippen LogP contribution in [0.3, 0.4) is 0 Å². The number of aliphatic carboxylic acids is 1. The molecule has 1 rings (SSSR count). The third-order valence-corrected chi connectivity index (χ3v) is 2.01. The summed E-state index contributed by atoms with van der Waals surface area (Å²) in [6.07, 6.45) is 0.978. The molecule has 1 heterocycles. The number of carbonyl (C=O) groups excluding carboxylic acids is 2. The summed E-state index contributed by atoms with van der Waals surface area (Å²) in [4.78, 5) is 32.7. The average molecular weight is 255 g/mol. The largest absolute Gasteiger partial charge is 0.480 e. The van der Waals surface area contributed by atoms with Gasteiger partial charge in [0.2, 0.25) is 5.91 Å². The fourth-order valence-electron chi connectivity index (χ4n) is 1.19. The van der Waals surface area contributed by atoms with Crippen LogP contribution in [-0.2, 0) is 16.1 Å². The highest BCUT2D eigenvalue weighted by Gasteiger charge is 2.21. The van der Waals surface area contributed by atoms with Gasteiger partial charge in [-0.1, -0.05) is 0 Å². The third kappa shape index (κ3) is 4.56. The number of primary amides is 1. The number of carboxylic acids is 1. The van der Waals surface area contributed by atoms with E-state index in [-0.39, 0.29) is 6.54 Å². The maximum absolute atomic E-state index is 11.4. The van der Waals surface area contributed by atoms with Crippen molar-refractivity contribution < 1.29 is 23.9 Å². The summed E-state index contributed by atoms with van der Waals surface area (Å²) < 4.78 is 4.97. The van der Waals surface area contributed by atoms with Crippen molar-refractivity contribution in [2.45, 2.75) is 19.0 Å². The van der Waals surface area contributed by atoms with Crippen molar-refractivity contribution in [3.05, 3.63) is 24.2 Å². The molecular formula is C10H13N3O5. The van der Waals surface area contributed by atoms with Crippen molar-refractivity contribution >= 4 is 17.9 Å². The van der Waals surface area contributed by atoms with Gasteiger partial charge >= 0.3 is 12.0 Å². The van der Waals surface area contributed by atoms with Gasteiger partial charge < -0.3 is 25.9 Å². The molecule has 0 fully saturated rings. The van der Waals surface area contributed by atoms with Crippen LogP contribution in [0.1, 0.15) is 12.2 Å². The van der Waals surface area contributed by atoms with Crippen LogP contribution in [0.4, 0.5) is 4.79 Å². The van der Waals surface area contributed by atoms with Crippen molar-refractivity contribution in [3.63, 3.8) is 0 Å². The number of urea groups is 1. The number of hydrogen-bond donors (Lipinski definition) is 4. The Morgan fingerprint density at radius 1 is 1.44 bits per heavy atom. The summed E-state index contributed by atoms with van der Waals surface area (Å²) in [5.74, 6) is -1.62. The molecule has 0 radical (unpaired) electrons. The molecule has 1 aromatic heterocycles. The van der Waals surface area contributed by atoms with Gasteiger partial charge in [0.25, 0.3) is 0 Å². The van der Waals surface area contributed by atoms with E-state index >= 15 is 0 Å². The predicted octanol–water partition coefficient (Wildman–Crippen LogP) is -0.593. The number of amides is 3. The second-order valence-electron chi connectivity index (χ2n) is 3.47. The number of carboxylic acid groups (broad SMARTS) is 1. The summed E-state index contributed by atoms with van der Waals surface area (Å²) in [6.45, 7) is 0.113. The van der Waals surface area contributed by atoms with Gasteiger partial charge in [0.05, 0.1) is 19.2 Å². The topological polar surface area (TPSA) is 135 Å². The Kier molecular flexibility index (Phi) is 4.73. The van der Waals surface area contributed by atoms with E-state index in [1.807, 2.05) is 0 Å². The fraction of sp³-hybridized carbons (Fsp3) is 0.300. The van der Waals surface area contributed by atoms with Crippen LogP contribution in [-0.4, -0.2) is 29.1 Å². The third-order valence-electron chi connectivity index (χ3n) is 2.01. The quantitative estimate of drug-likeness (QED) is 0.538. The smallest absolute Gasteiger partial charge is 0.326 e. The molecule has 0 aromatic carbocycles. The molecule has 0 saturated heterocycles. The van der Waals surface area contributed by atoms with Crippen LogP contribution >= 0.6 is 0 Å². The first-order valence-corrected chi connectivity index (χ1v) is 5.07. The molecule has 1 aromatic rings. The summed E-state index contributed by atoms with van der Waals surface area (Å²) in [5.41, 5.74) is 4.87. The summed E-state index contributed by atoms with van der Waals surface area (Å²) >= 11 is 0. The average Bonchev–Trinajstić information content (AvgIpc) is 2.77. The highest BCUT2D eigenvalue weighted by atomic mass is 16.4. The van der Waals surface area contributed by atoms with Crippen LogP contribution in [0.2, 0.25) is 0 Å². The SMILES string of the molecule is NC(=O)CC(NC(=O)NCc1ccco1)C(=O)O. The Bertz CT molecular complexity index is 429. The normalized spacial score (nSPS) is 11.6. The first kappa shape index (κ1) is 13.6. The van der Waals surface area contributed by atoms with E-state index < -0.39 is 30.4 Å². The first-order chi connectivity index (χ1) is 8.49. The second kappa shape index (κ2) is 6.28. The Morgan fingerprint density at radius 2 is 2.17 bits per heavy atom. The molecular weight excluding hydrogens is 242 g/mol. The van der Waals surface area contributed by atoms with Crippen molar-refractivity contribution in [2.75, 3.05) is 0 Å². The van der Waals surface area contributed by atoms with Gasteiger partial charge in [0, 0.05) is 0 Å². The number of rotatable bonds is 6. The van der Waals surface area contributed by atoms with E-state index in [1.165, 1.54) is 6.26 Å². The maximum Gasteiger partial charge on any atom is 0.326 e. The van der Waals surface area contributed by atoms with Crippen molar-refractivity contribution in [1.29, 1.82) is 0 Å². The van der Waals surface area contributed by atoms with Gasteiger partial charge in [-0.05, 0) is 12.1 Å². The molecule has 1 atom stereocenters. The summed E-state index contributed by atoms with van der Waals surface area (Å²) in [5, 5.41) is 13.3. The van der Waals surface area contributed by atoms with Crippen molar-refractivity contribution in [2.24, 2.45) is 5.73 Å². The van der Waals surface area contributed by atoms with Gasteiger partial charge in [-0.2, -0.15) is 0 Å². The zero-order chi connectivity index (χ0) is 13.5. The van der Waals surface area contributed by atoms with Crippen LogP contribution in [0.5, 0.6) is 0 Å². The Balaban J connectivity index is 2.41. The Hall–Kier alpha value is -2.51. The van der Waals surface area contributed by atoms with Crippen LogP contribution in [0.25, 0.3) is 0 Å². The number of carbonyl (C=O) groups is 3. The molecule has 5 N–H and O–H groups in total. The molecule has 8 nitrogen and oxygen atoms in total. The van der Waals surface area contributed by atoms with E-state index in [2.05, 4.69) is 10.6 Å². The number of furan rings is 1. The molecule has 0 aliphatic heterocycles. The molecule has 0 aliphatic rings. The summed E-state index contributed by atoms with van der Waals surface area (Å²) in [6, 6.07) is 1.24. The molecule has 18 heavy (non-hydrogen) atoms. The first-order valence-electron chi connectivity index (χ1n) is 5.07. The van der Waals surface area contributed by atoms with Gasteiger partial charge in [-0.15, -0.1) is 0 Å². The predicted molar refractivity (Wildman–Crippen MR) is 59.3 cm³/mol. The number of hydrogen-bond acceptors (Lipinski definition) is 4. The lowest BCUT2D eigenvalue weighted by Gasteiger charge is -2.13. The molecule has 3 amide bonds. The zero-order valence-electron chi connectivity index (χ0n) is 9.38. The highest BCUT2D eigenvalue weighted by Crippen LogP contribution is 1.98. The van der Waals surface area contributed by atoms with Crippen molar-refractivity contribution in [1.82, 2.24) is 10.6 Å². The number of nitrogens with one attached hydrogen (secondary N) is 2. The zero-order valence-corrected chi connectivity index (χ0v) is 9.38. The molecule has 98 valence electrons. The minimum atomic E-state index is -1.35. The standard InChI is InChI=1S/C10H13N3O5/c11-8(14)4-7(9(15)16)13-10(17)12-5-6-2-1-3-18-6/h1-3,7H,4-5H2,(H2,11,14)(H,15,16)(H2,12,13,17). The monoisotopic (exact) mass is 255 g/mol. The van der Waals surface area contributed by atoms with E-state index in [1.54, 1.807) is 12.1 Å². The van der Waals surface area contributed by atoms with E-state index in [9.17, 15) is 14.4 Å². The van der Waals surface area contributed by atoms with Gasteiger partial charge in [0.1, 0.15) is 11.8 Å². The molecule has 0 saturated carbocycles. The molecule has 0 spiro atoms. The molecule has 8 heteroatoms. The van der Waals surface area contributed by atoms with Crippen molar-refractivity contribution in [3.8, 4) is 0 Å². The van der Waals surface area contributed by atoms with Gasteiger partial charge in [-0.25, -0.2) is 9.59 Å². The van der Waals surface area contributed by atoms with Gasteiger partial charge in [-0.3, -0.25) is 4.79 Å². The van der Waals surface area contributed by atoms with E-state index in [4.69, 9.17) is 15.3 Å². The molecule has 1 unspecified atom stereocenters. The van der Waals surface area contributed by atoms with Gasteiger partial charge in [0.15, 0.2) is 0 Å². The minimum absolute atomic E-state index is 0.113. The second-order valence-corrected chi connectivity index (χ2v) is 3.47. The van der Waals surface area contributed by atoms with Crippen LogP contribution in [0.15, 0.2) is 22.8 Å². The fourth-order valence-corrected chi connectivity index (χ4v) is 1.19. The lowest BCUT2D eigenvalue weighted by molar-refractivity contribution is -0.140. The highest BCUT2D eigenvalue weighted by molar-refractivity contribution is 5.87. The Labute approximate surface area is 102 Å². The summed E-state index contributed by atoms with van der Waals surface area (Å²) in [7, 11) is 0. The van der Waals surface area contributed by atoms with Crippen LogP contribution in [0, 0.1) is 0 Å². The van der Waals surface area contributed by atoms with E-state index in [0.29, 0.717) is 5.76 Å². The lowest BCUT2D eigenvalue weighted by Crippen LogP contribution is -2.47. The lowest BCUT2D eigenvalue weighted by atomic mass is 10.2. The minimum Gasteiger partial charge on any atom is -0.480 e. The van der Waals surface area contributed by atoms with Crippen LogP contribution < -0.4 is 16.4 Å². The molecule has 0 aliphatic carbocycles. The number of nitrogens with two attached hydrogens (primary N) is 1. The maximum atomic E-state index is 11.4.